The third-order valence-electron chi connectivity index (χ3n) is 4.59. The van der Waals surface area contributed by atoms with Crippen molar-refractivity contribution < 1.29 is 9.53 Å². The predicted molar refractivity (Wildman–Crippen MR) is 86.3 cm³/mol. The lowest BCUT2D eigenvalue weighted by Crippen LogP contribution is -2.42. The van der Waals surface area contributed by atoms with Gasteiger partial charge < -0.3 is 9.64 Å². The number of pyridine rings is 1. The first-order chi connectivity index (χ1) is 10.4. The number of amides is 1. The van der Waals surface area contributed by atoms with Crippen LogP contribution in [0.5, 0.6) is 5.88 Å². The molecule has 2 fully saturated rings. The first kappa shape index (κ1) is 15.3. The molecule has 0 N–H and O–H groups in total. The van der Waals surface area contributed by atoms with Crippen molar-refractivity contribution >= 4 is 5.91 Å². The molecule has 0 aliphatic heterocycles. The lowest BCUT2D eigenvalue weighted by atomic mass is 10.1. The first-order valence-electron chi connectivity index (χ1n) is 8.28. The summed E-state index contributed by atoms with van der Waals surface area (Å²) in [5.74, 6) is 1.89. The molecule has 0 spiro atoms. The van der Waals surface area contributed by atoms with Gasteiger partial charge in [0.1, 0.15) is 5.69 Å². The number of aromatic nitrogens is 1. The van der Waals surface area contributed by atoms with E-state index in [0.29, 0.717) is 23.4 Å². The van der Waals surface area contributed by atoms with Crippen LogP contribution in [0.1, 0.15) is 68.4 Å². The van der Waals surface area contributed by atoms with Gasteiger partial charge in [0.05, 0.1) is 6.61 Å². The highest BCUT2D eigenvalue weighted by Gasteiger charge is 2.31. The lowest BCUT2D eigenvalue weighted by Gasteiger charge is -2.31. The van der Waals surface area contributed by atoms with Crippen molar-refractivity contribution in [1.82, 2.24) is 9.88 Å². The van der Waals surface area contributed by atoms with Gasteiger partial charge in [-0.05, 0) is 64.4 Å². The number of carbonyl (C=O) groups is 1. The number of rotatable bonds is 5. The van der Waals surface area contributed by atoms with Gasteiger partial charge in [-0.15, -0.1) is 0 Å². The van der Waals surface area contributed by atoms with Crippen LogP contribution in [-0.4, -0.2) is 35.0 Å². The Balaban J connectivity index is 1.81. The molecule has 0 radical (unpaired) electrons. The minimum absolute atomic E-state index is 0.0499. The van der Waals surface area contributed by atoms with Crippen LogP contribution in [0.2, 0.25) is 0 Å². The molecule has 120 valence electrons. The van der Waals surface area contributed by atoms with Gasteiger partial charge in [-0.3, -0.25) is 4.79 Å². The van der Waals surface area contributed by atoms with E-state index in [1.165, 1.54) is 31.2 Å². The van der Waals surface area contributed by atoms with Gasteiger partial charge in [0.15, 0.2) is 0 Å². The van der Waals surface area contributed by atoms with Crippen LogP contribution in [-0.2, 0) is 0 Å². The molecular weight excluding hydrogens is 276 g/mol. The molecule has 1 aromatic heterocycles. The number of hydrogen-bond acceptors (Lipinski definition) is 3. The lowest BCUT2D eigenvalue weighted by molar-refractivity contribution is 0.0648. The van der Waals surface area contributed by atoms with E-state index in [0.717, 1.165) is 6.61 Å². The van der Waals surface area contributed by atoms with E-state index < -0.39 is 0 Å². The van der Waals surface area contributed by atoms with Gasteiger partial charge >= 0.3 is 0 Å². The van der Waals surface area contributed by atoms with E-state index in [2.05, 4.69) is 4.98 Å². The van der Waals surface area contributed by atoms with Gasteiger partial charge in [0, 0.05) is 18.2 Å². The molecule has 0 saturated heterocycles. The van der Waals surface area contributed by atoms with E-state index in [1.807, 2.05) is 40.0 Å². The fraction of sp³-hybridized carbons (Fsp3) is 0.667. The molecule has 4 nitrogen and oxygen atoms in total. The molecule has 2 aliphatic carbocycles. The number of ether oxygens (including phenoxy) is 1. The number of carbonyl (C=O) groups excluding carboxylic acids is 1. The fourth-order valence-corrected chi connectivity index (χ4v) is 2.35. The van der Waals surface area contributed by atoms with Crippen molar-refractivity contribution in [2.24, 2.45) is 5.92 Å². The van der Waals surface area contributed by atoms with Gasteiger partial charge in [-0.25, -0.2) is 4.98 Å². The molecule has 0 unspecified atom stereocenters. The molecule has 3 rings (SSSR count). The van der Waals surface area contributed by atoms with E-state index >= 15 is 0 Å². The third-order valence-corrected chi connectivity index (χ3v) is 4.59. The highest BCUT2D eigenvalue weighted by atomic mass is 16.5. The number of nitrogens with zero attached hydrogens (tertiary/aromatic N) is 2. The molecule has 0 atom stereocenters. The minimum atomic E-state index is -0.219. The van der Waals surface area contributed by atoms with Crippen molar-refractivity contribution in [2.75, 3.05) is 13.7 Å². The molecule has 1 heterocycles. The minimum Gasteiger partial charge on any atom is -0.477 e. The quantitative estimate of drug-likeness (QED) is 0.834. The monoisotopic (exact) mass is 302 g/mol. The Bertz CT molecular complexity index is 569. The van der Waals surface area contributed by atoms with E-state index in [1.54, 1.807) is 4.90 Å². The highest BCUT2D eigenvalue weighted by Crippen LogP contribution is 2.44. The van der Waals surface area contributed by atoms with Crippen molar-refractivity contribution in [2.45, 2.75) is 57.9 Å². The SMILES string of the molecule is CN(C(=O)c1ccc(C2CC2)c(OCC2CC2)n1)C(C)(C)C. The summed E-state index contributed by atoms with van der Waals surface area (Å²) in [7, 11) is 1.82. The van der Waals surface area contributed by atoms with Crippen LogP contribution in [0, 0.1) is 5.92 Å². The molecule has 4 heteroatoms. The summed E-state index contributed by atoms with van der Waals surface area (Å²) in [6.07, 6.45) is 4.92. The number of hydrogen-bond donors (Lipinski definition) is 0. The van der Waals surface area contributed by atoms with Gasteiger partial charge in [0.2, 0.25) is 5.88 Å². The molecule has 2 aliphatic rings. The van der Waals surface area contributed by atoms with Crippen LogP contribution >= 0.6 is 0 Å². The third kappa shape index (κ3) is 3.42. The molecular formula is C18H26N2O2. The van der Waals surface area contributed by atoms with Crippen LogP contribution < -0.4 is 4.74 Å². The molecule has 1 aromatic rings. The summed E-state index contributed by atoms with van der Waals surface area (Å²) in [6, 6.07) is 3.89. The summed E-state index contributed by atoms with van der Waals surface area (Å²) in [5.41, 5.74) is 1.44. The summed E-state index contributed by atoms with van der Waals surface area (Å²) in [6.45, 7) is 6.80. The topological polar surface area (TPSA) is 42.4 Å². The average molecular weight is 302 g/mol. The normalized spacial score (nSPS) is 18.2. The van der Waals surface area contributed by atoms with Crippen LogP contribution in [0.4, 0.5) is 0 Å². The zero-order valence-corrected chi connectivity index (χ0v) is 14.1. The van der Waals surface area contributed by atoms with Gasteiger partial charge in [-0.2, -0.15) is 0 Å². The maximum Gasteiger partial charge on any atom is 0.272 e. The zero-order chi connectivity index (χ0) is 15.9. The van der Waals surface area contributed by atoms with Gasteiger partial charge in [0.25, 0.3) is 5.91 Å². The predicted octanol–water partition coefficient (Wildman–Crippen LogP) is 3.62. The van der Waals surface area contributed by atoms with E-state index in [9.17, 15) is 4.79 Å². The zero-order valence-electron chi connectivity index (χ0n) is 14.1. The summed E-state index contributed by atoms with van der Waals surface area (Å²) in [5, 5.41) is 0. The fourth-order valence-electron chi connectivity index (χ4n) is 2.35. The summed E-state index contributed by atoms with van der Waals surface area (Å²) in [4.78, 5) is 18.9. The molecule has 0 bridgehead atoms. The van der Waals surface area contributed by atoms with Gasteiger partial charge in [-0.1, -0.05) is 6.07 Å². The largest absolute Gasteiger partial charge is 0.477 e. The summed E-state index contributed by atoms with van der Waals surface area (Å²) < 4.78 is 5.94. The smallest absolute Gasteiger partial charge is 0.272 e. The van der Waals surface area contributed by atoms with E-state index in [4.69, 9.17) is 4.74 Å². The van der Waals surface area contributed by atoms with Crippen molar-refractivity contribution in [3.05, 3.63) is 23.4 Å². The Morgan fingerprint density at radius 1 is 1.27 bits per heavy atom. The molecule has 1 amide bonds. The maximum absolute atomic E-state index is 12.6. The van der Waals surface area contributed by atoms with Crippen molar-refractivity contribution in [3.8, 4) is 5.88 Å². The van der Waals surface area contributed by atoms with Crippen LogP contribution in [0.25, 0.3) is 0 Å². The second-order valence-electron chi connectivity index (χ2n) is 7.65. The van der Waals surface area contributed by atoms with Crippen LogP contribution in [0.3, 0.4) is 0 Å². The first-order valence-corrected chi connectivity index (χ1v) is 8.28. The van der Waals surface area contributed by atoms with Crippen molar-refractivity contribution in [3.63, 3.8) is 0 Å². The Morgan fingerprint density at radius 3 is 2.50 bits per heavy atom. The van der Waals surface area contributed by atoms with Crippen LogP contribution in [0.15, 0.2) is 12.1 Å². The molecule has 0 aromatic carbocycles. The Morgan fingerprint density at radius 2 is 1.95 bits per heavy atom. The Labute approximate surface area is 132 Å². The van der Waals surface area contributed by atoms with E-state index in [-0.39, 0.29) is 11.4 Å². The maximum atomic E-state index is 12.6. The molecule has 2 saturated carbocycles. The Hall–Kier alpha value is -1.58. The Kier molecular flexibility index (Phi) is 3.87. The summed E-state index contributed by atoms with van der Waals surface area (Å²) >= 11 is 0. The second kappa shape index (κ2) is 5.56. The highest BCUT2D eigenvalue weighted by molar-refractivity contribution is 5.92. The standard InChI is InChI=1S/C18H26N2O2/c1-18(2,3)20(4)17(21)15-10-9-14(13-7-8-13)16(19-15)22-11-12-5-6-12/h9-10,12-13H,5-8,11H2,1-4H3. The van der Waals surface area contributed by atoms with Crippen molar-refractivity contribution in [1.29, 1.82) is 0 Å². The average Bonchev–Trinajstić information content (AvgIpc) is 3.36. The molecule has 22 heavy (non-hydrogen) atoms. The second-order valence-corrected chi connectivity index (χ2v) is 7.65.